The molecule has 0 spiro atoms. The van der Waals surface area contributed by atoms with Gasteiger partial charge in [0.1, 0.15) is 0 Å². The first kappa shape index (κ1) is 10.4. The van der Waals surface area contributed by atoms with Crippen LogP contribution in [-0.4, -0.2) is 25.9 Å². The summed E-state index contributed by atoms with van der Waals surface area (Å²) in [5.41, 5.74) is 3.14. The van der Waals surface area contributed by atoms with Gasteiger partial charge < -0.3 is 4.74 Å². The predicted molar refractivity (Wildman–Crippen MR) is 54.9 cm³/mol. The van der Waals surface area contributed by atoms with Crippen LogP contribution in [0.4, 0.5) is 0 Å². The molecule has 0 radical (unpaired) electrons. The van der Waals surface area contributed by atoms with E-state index in [-0.39, 0.29) is 0 Å². The van der Waals surface area contributed by atoms with Gasteiger partial charge in [-0.1, -0.05) is 12.8 Å². The molecule has 3 heteroatoms. The first-order valence-electron chi connectivity index (χ1n) is 5.91. The normalized spacial score (nSPS) is 25.7. The van der Waals surface area contributed by atoms with E-state index in [1.807, 2.05) is 0 Å². The van der Waals surface area contributed by atoms with E-state index in [0.717, 1.165) is 25.7 Å². The minimum absolute atomic E-state index is 0.481. The van der Waals surface area contributed by atoms with E-state index >= 15 is 0 Å². The highest BCUT2D eigenvalue weighted by molar-refractivity contribution is 4.67. The summed E-state index contributed by atoms with van der Waals surface area (Å²) in [7, 11) is 0. The average Bonchev–Trinajstić information content (AvgIpc) is 2.72. The van der Waals surface area contributed by atoms with Gasteiger partial charge in [-0.15, -0.1) is 0 Å². The molecule has 3 nitrogen and oxygen atoms in total. The first-order chi connectivity index (χ1) is 6.95. The van der Waals surface area contributed by atoms with Gasteiger partial charge in [0.05, 0.1) is 6.10 Å². The third-order valence-electron chi connectivity index (χ3n) is 3.27. The van der Waals surface area contributed by atoms with Crippen LogP contribution < -0.4 is 5.48 Å². The van der Waals surface area contributed by atoms with Crippen molar-refractivity contribution in [1.29, 1.82) is 0 Å². The fourth-order valence-corrected chi connectivity index (χ4v) is 2.24. The van der Waals surface area contributed by atoms with Gasteiger partial charge in [-0.2, -0.15) is 0 Å². The Bertz CT molecular complexity index is 151. The number of nitrogens with one attached hydrogen (secondary N) is 1. The standard InChI is InChI=1S/C11H21NO2/c1-2-4-11(3-1)14-12-9-10-5-7-13-8-6-10/h10-12H,1-9H2. The van der Waals surface area contributed by atoms with E-state index in [1.165, 1.54) is 38.5 Å². The minimum atomic E-state index is 0.481. The van der Waals surface area contributed by atoms with Crippen LogP contribution in [0.15, 0.2) is 0 Å². The molecule has 1 heterocycles. The lowest BCUT2D eigenvalue weighted by Gasteiger charge is -2.22. The first-order valence-corrected chi connectivity index (χ1v) is 5.91. The van der Waals surface area contributed by atoms with Crippen LogP contribution in [0, 0.1) is 5.92 Å². The maximum Gasteiger partial charge on any atom is 0.0790 e. The molecule has 1 saturated carbocycles. The molecule has 14 heavy (non-hydrogen) atoms. The molecule has 0 aromatic rings. The molecule has 2 fully saturated rings. The predicted octanol–water partition coefficient (Wildman–Crippen LogP) is 1.88. The Morgan fingerprint density at radius 3 is 2.50 bits per heavy atom. The van der Waals surface area contributed by atoms with E-state index in [1.54, 1.807) is 0 Å². The van der Waals surface area contributed by atoms with Crippen LogP contribution in [0.2, 0.25) is 0 Å². The zero-order valence-corrected chi connectivity index (χ0v) is 8.84. The van der Waals surface area contributed by atoms with Crippen molar-refractivity contribution in [3.63, 3.8) is 0 Å². The van der Waals surface area contributed by atoms with Gasteiger partial charge in [0.15, 0.2) is 0 Å². The molecule has 0 unspecified atom stereocenters. The van der Waals surface area contributed by atoms with E-state index < -0.39 is 0 Å². The summed E-state index contributed by atoms with van der Waals surface area (Å²) in [6, 6.07) is 0. The molecule has 0 amide bonds. The summed E-state index contributed by atoms with van der Waals surface area (Å²) in [5.74, 6) is 0.755. The van der Waals surface area contributed by atoms with Crippen LogP contribution in [-0.2, 0) is 9.57 Å². The topological polar surface area (TPSA) is 30.5 Å². The second-order valence-electron chi connectivity index (χ2n) is 4.43. The van der Waals surface area contributed by atoms with E-state index in [4.69, 9.17) is 9.57 Å². The minimum Gasteiger partial charge on any atom is -0.381 e. The zero-order valence-electron chi connectivity index (χ0n) is 8.84. The molecule has 2 rings (SSSR count). The van der Waals surface area contributed by atoms with Crippen molar-refractivity contribution in [2.24, 2.45) is 5.92 Å². The lowest BCUT2D eigenvalue weighted by atomic mass is 10.0. The highest BCUT2D eigenvalue weighted by atomic mass is 16.7. The summed E-state index contributed by atoms with van der Waals surface area (Å²) < 4.78 is 5.31. The van der Waals surface area contributed by atoms with Gasteiger partial charge in [0.25, 0.3) is 0 Å². The number of hydrogen-bond donors (Lipinski definition) is 1. The van der Waals surface area contributed by atoms with Crippen molar-refractivity contribution < 1.29 is 9.57 Å². The second kappa shape index (κ2) is 5.69. The third kappa shape index (κ3) is 3.23. The Hall–Kier alpha value is -0.120. The molecule has 1 aliphatic carbocycles. The molecule has 0 bridgehead atoms. The summed E-state index contributed by atoms with van der Waals surface area (Å²) in [5, 5.41) is 0. The molecule has 2 aliphatic rings. The maximum absolute atomic E-state index is 5.61. The van der Waals surface area contributed by atoms with Crippen molar-refractivity contribution in [1.82, 2.24) is 5.48 Å². The van der Waals surface area contributed by atoms with Gasteiger partial charge in [-0.25, -0.2) is 5.48 Å². The number of hydroxylamine groups is 1. The van der Waals surface area contributed by atoms with Crippen LogP contribution in [0.5, 0.6) is 0 Å². The van der Waals surface area contributed by atoms with Crippen molar-refractivity contribution >= 4 is 0 Å². The van der Waals surface area contributed by atoms with Gasteiger partial charge in [-0.05, 0) is 31.6 Å². The fourth-order valence-electron chi connectivity index (χ4n) is 2.24. The molecule has 1 aliphatic heterocycles. The fraction of sp³-hybridized carbons (Fsp3) is 1.00. The molecule has 82 valence electrons. The summed E-state index contributed by atoms with van der Waals surface area (Å²) >= 11 is 0. The average molecular weight is 199 g/mol. The van der Waals surface area contributed by atoms with Crippen LogP contribution >= 0.6 is 0 Å². The van der Waals surface area contributed by atoms with Crippen molar-refractivity contribution in [2.45, 2.75) is 44.6 Å². The van der Waals surface area contributed by atoms with Crippen LogP contribution in [0.25, 0.3) is 0 Å². The molecule has 0 aromatic heterocycles. The van der Waals surface area contributed by atoms with Crippen LogP contribution in [0.1, 0.15) is 38.5 Å². The molecule has 1 saturated heterocycles. The summed E-state index contributed by atoms with van der Waals surface area (Å²) in [4.78, 5) is 5.61. The molecule has 0 aromatic carbocycles. The monoisotopic (exact) mass is 199 g/mol. The van der Waals surface area contributed by atoms with Crippen LogP contribution in [0.3, 0.4) is 0 Å². The van der Waals surface area contributed by atoms with Gasteiger partial charge in [0, 0.05) is 19.8 Å². The van der Waals surface area contributed by atoms with Gasteiger partial charge >= 0.3 is 0 Å². The van der Waals surface area contributed by atoms with Gasteiger partial charge in [0.2, 0.25) is 0 Å². The van der Waals surface area contributed by atoms with E-state index in [2.05, 4.69) is 5.48 Å². The lowest BCUT2D eigenvalue weighted by Crippen LogP contribution is -2.30. The maximum atomic E-state index is 5.61. The molecule has 0 atom stereocenters. The zero-order chi connectivity index (χ0) is 9.64. The number of rotatable bonds is 4. The highest BCUT2D eigenvalue weighted by Crippen LogP contribution is 2.20. The van der Waals surface area contributed by atoms with E-state index in [0.29, 0.717) is 6.10 Å². The van der Waals surface area contributed by atoms with Gasteiger partial charge in [-0.3, -0.25) is 4.84 Å². The quantitative estimate of drug-likeness (QED) is 0.701. The number of hydrogen-bond acceptors (Lipinski definition) is 3. The Morgan fingerprint density at radius 1 is 1.07 bits per heavy atom. The Balaban J connectivity index is 1.52. The summed E-state index contributed by atoms with van der Waals surface area (Å²) in [6.07, 6.45) is 7.99. The molecular formula is C11H21NO2. The Kier molecular flexibility index (Phi) is 4.22. The highest BCUT2D eigenvalue weighted by Gasteiger charge is 2.17. The van der Waals surface area contributed by atoms with Crippen molar-refractivity contribution in [3.05, 3.63) is 0 Å². The summed E-state index contributed by atoms with van der Waals surface area (Å²) in [6.45, 7) is 2.85. The lowest BCUT2D eigenvalue weighted by molar-refractivity contribution is -0.0358. The Morgan fingerprint density at radius 2 is 1.79 bits per heavy atom. The molecule has 1 N–H and O–H groups in total. The van der Waals surface area contributed by atoms with E-state index in [9.17, 15) is 0 Å². The third-order valence-corrected chi connectivity index (χ3v) is 3.27. The second-order valence-corrected chi connectivity index (χ2v) is 4.43. The van der Waals surface area contributed by atoms with Crippen molar-refractivity contribution in [2.75, 3.05) is 19.8 Å². The number of ether oxygens (including phenoxy) is 1. The largest absolute Gasteiger partial charge is 0.381 e. The SMILES string of the molecule is C1CCC(ONCC2CCOCC2)C1. The Labute approximate surface area is 86.1 Å². The smallest absolute Gasteiger partial charge is 0.0790 e. The molecular weight excluding hydrogens is 178 g/mol. The van der Waals surface area contributed by atoms with Crippen molar-refractivity contribution in [3.8, 4) is 0 Å².